The first-order chi connectivity index (χ1) is 16.0. The van der Waals surface area contributed by atoms with Gasteiger partial charge in [-0.3, -0.25) is 4.79 Å². The van der Waals surface area contributed by atoms with Crippen LogP contribution in [0.2, 0.25) is 0 Å². The third-order valence-corrected chi connectivity index (χ3v) is 5.89. The molecule has 174 valence electrons. The van der Waals surface area contributed by atoms with Crippen molar-refractivity contribution in [3.05, 3.63) is 76.7 Å². The van der Waals surface area contributed by atoms with Gasteiger partial charge in [-0.2, -0.15) is 0 Å². The van der Waals surface area contributed by atoms with Gasteiger partial charge in [0, 0.05) is 25.3 Å². The number of nitrogens with zero attached hydrogens (tertiary/aromatic N) is 2. The molecule has 2 aromatic carbocycles. The van der Waals surface area contributed by atoms with Crippen LogP contribution < -0.4 is 9.47 Å². The summed E-state index contributed by atoms with van der Waals surface area (Å²) in [6.07, 6.45) is 2.04. The summed E-state index contributed by atoms with van der Waals surface area (Å²) in [6, 6.07) is 15.1. The minimum Gasteiger partial charge on any atom is -0.497 e. The van der Waals surface area contributed by atoms with E-state index in [9.17, 15) is 4.79 Å². The van der Waals surface area contributed by atoms with Crippen molar-refractivity contribution < 1.29 is 23.5 Å². The highest BCUT2D eigenvalue weighted by Gasteiger charge is 2.24. The Balaban J connectivity index is 1.51. The monoisotopic (exact) mass is 450 g/mol. The Bertz CT molecular complexity index is 1070. The fraction of sp³-hybridized carbons (Fsp3) is 0.385. The Labute approximate surface area is 194 Å². The molecule has 0 N–H and O–H groups in total. The van der Waals surface area contributed by atoms with Gasteiger partial charge in [-0.25, -0.2) is 0 Å². The van der Waals surface area contributed by atoms with Crippen molar-refractivity contribution in [1.29, 1.82) is 0 Å². The number of ether oxygens (including phenoxy) is 3. The van der Waals surface area contributed by atoms with E-state index < -0.39 is 0 Å². The van der Waals surface area contributed by atoms with E-state index in [2.05, 4.69) is 5.16 Å². The van der Waals surface area contributed by atoms with Crippen LogP contribution in [0.25, 0.3) is 0 Å². The van der Waals surface area contributed by atoms with Crippen LogP contribution in [-0.2, 0) is 17.9 Å². The minimum atomic E-state index is -0.0592. The second-order valence-corrected chi connectivity index (χ2v) is 8.29. The van der Waals surface area contributed by atoms with Crippen molar-refractivity contribution >= 4 is 5.91 Å². The molecule has 1 amide bonds. The maximum Gasteiger partial charge on any atom is 0.254 e. The number of hydrogen-bond acceptors (Lipinski definition) is 6. The van der Waals surface area contributed by atoms with Gasteiger partial charge in [0.2, 0.25) is 0 Å². The van der Waals surface area contributed by atoms with Crippen LogP contribution in [0.1, 0.15) is 45.8 Å². The van der Waals surface area contributed by atoms with E-state index in [1.807, 2.05) is 61.2 Å². The second-order valence-electron chi connectivity index (χ2n) is 8.29. The zero-order valence-electron chi connectivity index (χ0n) is 19.4. The third kappa shape index (κ3) is 5.73. The van der Waals surface area contributed by atoms with Crippen LogP contribution >= 0.6 is 0 Å². The quantitative estimate of drug-likeness (QED) is 0.470. The summed E-state index contributed by atoms with van der Waals surface area (Å²) in [5.74, 6) is 2.07. The highest BCUT2D eigenvalue weighted by Crippen LogP contribution is 2.22. The van der Waals surface area contributed by atoms with Crippen LogP contribution in [0.4, 0.5) is 0 Å². The van der Waals surface area contributed by atoms with E-state index in [-0.39, 0.29) is 12.0 Å². The number of methoxy groups -OCH3 is 1. The third-order valence-electron chi connectivity index (χ3n) is 5.89. The molecule has 1 aromatic heterocycles. The maximum absolute atomic E-state index is 13.5. The molecule has 7 nitrogen and oxygen atoms in total. The van der Waals surface area contributed by atoms with Crippen LogP contribution in [-0.4, -0.2) is 42.3 Å². The van der Waals surface area contributed by atoms with Crippen molar-refractivity contribution in [1.82, 2.24) is 10.1 Å². The summed E-state index contributed by atoms with van der Waals surface area (Å²) in [4.78, 5) is 15.4. The van der Waals surface area contributed by atoms with Crippen molar-refractivity contribution in [2.45, 2.75) is 45.9 Å². The lowest BCUT2D eigenvalue weighted by Crippen LogP contribution is -2.37. The predicted molar refractivity (Wildman–Crippen MR) is 123 cm³/mol. The van der Waals surface area contributed by atoms with E-state index in [4.69, 9.17) is 18.7 Å². The molecule has 33 heavy (non-hydrogen) atoms. The molecule has 2 heterocycles. The van der Waals surface area contributed by atoms with E-state index in [0.29, 0.717) is 31.0 Å². The first kappa shape index (κ1) is 22.9. The molecule has 4 rings (SSSR count). The largest absolute Gasteiger partial charge is 0.497 e. The van der Waals surface area contributed by atoms with Gasteiger partial charge in [0.1, 0.15) is 23.9 Å². The number of aromatic nitrogens is 1. The van der Waals surface area contributed by atoms with Crippen molar-refractivity contribution in [2.75, 3.05) is 20.3 Å². The van der Waals surface area contributed by atoms with Gasteiger partial charge in [-0.05, 0) is 62.6 Å². The van der Waals surface area contributed by atoms with Gasteiger partial charge >= 0.3 is 0 Å². The van der Waals surface area contributed by atoms with Crippen LogP contribution in [0.3, 0.4) is 0 Å². The summed E-state index contributed by atoms with van der Waals surface area (Å²) in [5, 5.41) is 3.96. The van der Waals surface area contributed by atoms with Crippen molar-refractivity contribution in [3.63, 3.8) is 0 Å². The van der Waals surface area contributed by atoms with Gasteiger partial charge in [0.05, 0.1) is 24.5 Å². The predicted octanol–water partition coefficient (Wildman–Crippen LogP) is 4.70. The molecule has 0 radical (unpaired) electrons. The van der Waals surface area contributed by atoms with Crippen molar-refractivity contribution in [2.24, 2.45) is 0 Å². The van der Waals surface area contributed by atoms with Gasteiger partial charge in [-0.1, -0.05) is 23.4 Å². The molecule has 1 atom stereocenters. The Morgan fingerprint density at radius 1 is 1.15 bits per heavy atom. The molecule has 1 fully saturated rings. The highest BCUT2D eigenvalue weighted by molar-refractivity contribution is 5.94. The number of benzene rings is 2. The van der Waals surface area contributed by atoms with Gasteiger partial charge in [0.25, 0.3) is 5.91 Å². The number of hydrogen-bond donors (Lipinski definition) is 0. The summed E-state index contributed by atoms with van der Waals surface area (Å²) < 4.78 is 22.3. The average Bonchev–Trinajstić information content (AvgIpc) is 3.46. The molecule has 1 saturated heterocycles. The first-order valence-corrected chi connectivity index (χ1v) is 11.2. The number of carbonyl (C=O) groups is 1. The lowest BCUT2D eigenvalue weighted by Gasteiger charge is -2.26. The molecular formula is C26H30N2O5. The standard InChI is InChI=1S/C26H30N2O5/c1-18-25(19(2)33-27-18)17-32-23-10-5-8-21(14-23)26(29)28(16-24-11-6-12-31-24)15-20-7-4-9-22(13-20)30-3/h4-5,7-10,13-14,24H,6,11-12,15-17H2,1-3H3. The van der Waals surface area contributed by atoms with E-state index >= 15 is 0 Å². The Morgan fingerprint density at radius 2 is 1.97 bits per heavy atom. The molecule has 0 aliphatic carbocycles. The summed E-state index contributed by atoms with van der Waals surface area (Å²) in [7, 11) is 1.64. The Morgan fingerprint density at radius 3 is 2.70 bits per heavy atom. The molecule has 0 bridgehead atoms. The highest BCUT2D eigenvalue weighted by atomic mass is 16.5. The van der Waals surface area contributed by atoms with Crippen LogP contribution in [0.5, 0.6) is 11.5 Å². The van der Waals surface area contributed by atoms with Crippen molar-refractivity contribution in [3.8, 4) is 11.5 Å². The fourth-order valence-corrected chi connectivity index (χ4v) is 4.01. The fourth-order valence-electron chi connectivity index (χ4n) is 4.01. The van der Waals surface area contributed by atoms with Crippen LogP contribution in [0.15, 0.2) is 53.1 Å². The zero-order chi connectivity index (χ0) is 23.2. The molecular weight excluding hydrogens is 420 g/mol. The molecule has 3 aromatic rings. The molecule has 0 spiro atoms. The second kappa shape index (κ2) is 10.5. The number of rotatable bonds is 9. The SMILES string of the molecule is COc1cccc(CN(CC2CCCO2)C(=O)c2cccc(OCc3c(C)noc3C)c2)c1. The van der Waals surface area contributed by atoms with Gasteiger partial charge in [0.15, 0.2) is 0 Å². The topological polar surface area (TPSA) is 74.0 Å². The number of aryl methyl sites for hydroxylation is 2. The van der Waals surface area contributed by atoms with Crippen LogP contribution in [0, 0.1) is 13.8 Å². The molecule has 7 heteroatoms. The Kier molecular flexibility index (Phi) is 7.29. The summed E-state index contributed by atoms with van der Waals surface area (Å²) in [5.41, 5.74) is 3.31. The normalized spacial score (nSPS) is 15.4. The van der Waals surface area contributed by atoms with E-state index in [1.54, 1.807) is 13.2 Å². The zero-order valence-corrected chi connectivity index (χ0v) is 19.4. The lowest BCUT2D eigenvalue weighted by molar-refractivity contribution is 0.0507. The summed E-state index contributed by atoms with van der Waals surface area (Å²) >= 11 is 0. The van der Waals surface area contributed by atoms with Gasteiger partial charge in [-0.15, -0.1) is 0 Å². The molecule has 1 aliphatic rings. The Hall–Kier alpha value is -3.32. The maximum atomic E-state index is 13.5. The average molecular weight is 451 g/mol. The summed E-state index contributed by atoms with van der Waals surface area (Å²) in [6.45, 7) is 5.84. The molecule has 1 aliphatic heterocycles. The van der Waals surface area contributed by atoms with Gasteiger partial charge < -0.3 is 23.6 Å². The van der Waals surface area contributed by atoms with E-state index in [1.165, 1.54) is 0 Å². The first-order valence-electron chi connectivity index (χ1n) is 11.2. The van der Waals surface area contributed by atoms with E-state index in [0.717, 1.165) is 47.8 Å². The molecule has 0 saturated carbocycles. The lowest BCUT2D eigenvalue weighted by atomic mass is 10.1. The minimum absolute atomic E-state index is 0.0542. The smallest absolute Gasteiger partial charge is 0.254 e. The number of amides is 1. The number of carbonyl (C=O) groups excluding carboxylic acids is 1. The molecule has 1 unspecified atom stereocenters.